The van der Waals surface area contributed by atoms with E-state index >= 15 is 0 Å². The van der Waals surface area contributed by atoms with Gasteiger partial charge < -0.3 is 20.3 Å². The largest absolute Gasteiger partial charge is 0.380 e. The Hall–Kier alpha value is -1.70. The number of nitrogens with two attached hydrogens (primary N) is 1. The zero-order chi connectivity index (χ0) is 18.2. The van der Waals surface area contributed by atoms with Crippen LogP contribution in [0.1, 0.15) is 18.4 Å². The maximum absolute atomic E-state index is 13.2. The van der Waals surface area contributed by atoms with Crippen molar-refractivity contribution >= 4 is 24.2 Å². The summed E-state index contributed by atoms with van der Waals surface area (Å²) >= 11 is 0. The van der Waals surface area contributed by atoms with Crippen LogP contribution in [0.2, 0.25) is 0 Å². The molecule has 0 radical (unpaired) electrons. The highest BCUT2D eigenvalue weighted by molar-refractivity contribution is 5.85. The van der Waals surface area contributed by atoms with Crippen molar-refractivity contribution in [2.45, 2.75) is 25.4 Å². The number of ether oxygens (including phenoxy) is 1. The lowest BCUT2D eigenvalue weighted by Gasteiger charge is -2.23. The number of carbonyl (C=O) groups excluding carboxylic acids is 2. The van der Waals surface area contributed by atoms with E-state index in [0.717, 1.165) is 6.42 Å². The zero-order valence-corrected chi connectivity index (χ0v) is 15.8. The van der Waals surface area contributed by atoms with E-state index in [0.29, 0.717) is 38.3 Å². The van der Waals surface area contributed by atoms with E-state index in [1.807, 2.05) is 0 Å². The monoisotopic (exact) mass is 387 g/mol. The molecule has 1 aromatic rings. The van der Waals surface area contributed by atoms with Crippen LogP contribution in [0.4, 0.5) is 4.39 Å². The lowest BCUT2D eigenvalue weighted by atomic mass is 10.1. The number of hydrogen-bond donors (Lipinski definition) is 1. The van der Waals surface area contributed by atoms with Gasteiger partial charge in [-0.25, -0.2) is 4.39 Å². The molecule has 0 spiro atoms. The van der Waals surface area contributed by atoms with Crippen molar-refractivity contribution < 1.29 is 18.7 Å². The smallest absolute Gasteiger partial charge is 0.227 e. The van der Waals surface area contributed by atoms with Crippen molar-refractivity contribution in [2.24, 2.45) is 5.73 Å². The zero-order valence-electron chi connectivity index (χ0n) is 15.0. The van der Waals surface area contributed by atoms with Crippen molar-refractivity contribution in [3.8, 4) is 0 Å². The fourth-order valence-electron chi connectivity index (χ4n) is 2.94. The molecule has 2 rings (SSSR count). The Kier molecular flexibility index (Phi) is 9.54. The third-order valence-corrected chi connectivity index (χ3v) is 4.44. The molecule has 0 bridgehead atoms. The van der Waals surface area contributed by atoms with Crippen LogP contribution in [0.5, 0.6) is 0 Å². The second-order valence-electron chi connectivity index (χ2n) is 6.22. The summed E-state index contributed by atoms with van der Waals surface area (Å²) in [4.78, 5) is 28.3. The van der Waals surface area contributed by atoms with Gasteiger partial charge in [0.1, 0.15) is 5.82 Å². The molecule has 146 valence electrons. The number of nitrogens with zero attached hydrogens (tertiary/aromatic N) is 2. The van der Waals surface area contributed by atoms with Gasteiger partial charge in [-0.2, -0.15) is 0 Å². The Bertz CT molecular complexity index is 599. The normalized spacial score (nSPS) is 15.8. The second-order valence-corrected chi connectivity index (χ2v) is 6.22. The van der Waals surface area contributed by atoms with Crippen molar-refractivity contribution in [1.82, 2.24) is 9.80 Å². The Morgan fingerprint density at radius 2 is 1.85 bits per heavy atom. The predicted molar refractivity (Wildman–Crippen MR) is 99.6 cm³/mol. The fraction of sp³-hybridized carbons (Fsp3) is 0.556. The molecule has 26 heavy (non-hydrogen) atoms. The SMILES string of the molecule is COC(CN)CC(=O)N1CCCN(C(=O)Cc2cccc(F)c2)CC1.Cl. The van der Waals surface area contributed by atoms with E-state index < -0.39 is 0 Å². The summed E-state index contributed by atoms with van der Waals surface area (Å²) in [5, 5.41) is 0. The summed E-state index contributed by atoms with van der Waals surface area (Å²) in [7, 11) is 1.54. The summed E-state index contributed by atoms with van der Waals surface area (Å²) in [6.45, 7) is 2.50. The minimum absolute atomic E-state index is 0. The van der Waals surface area contributed by atoms with Crippen LogP contribution >= 0.6 is 12.4 Å². The van der Waals surface area contributed by atoms with Crippen LogP contribution < -0.4 is 5.73 Å². The van der Waals surface area contributed by atoms with Gasteiger partial charge >= 0.3 is 0 Å². The highest BCUT2D eigenvalue weighted by Gasteiger charge is 2.23. The van der Waals surface area contributed by atoms with Crippen LogP contribution in [0.15, 0.2) is 24.3 Å². The highest BCUT2D eigenvalue weighted by Crippen LogP contribution is 2.11. The third kappa shape index (κ3) is 6.55. The molecule has 0 saturated carbocycles. The number of amides is 2. The molecule has 1 aliphatic heterocycles. The molecular weight excluding hydrogens is 361 g/mol. The van der Waals surface area contributed by atoms with Gasteiger partial charge in [0.15, 0.2) is 0 Å². The Morgan fingerprint density at radius 3 is 2.42 bits per heavy atom. The number of benzene rings is 1. The topological polar surface area (TPSA) is 75.9 Å². The van der Waals surface area contributed by atoms with Crippen molar-refractivity contribution in [2.75, 3.05) is 39.8 Å². The van der Waals surface area contributed by atoms with Crippen LogP contribution in [0.3, 0.4) is 0 Å². The third-order valence-electron chi connectivity index (χ3n) is 4.44. The second kappa shape index (κ2) is 11.1. The van der Waals surface area contributed by atoms with Gasteiger partial charge in [0.2, 0.25) is 11.8 Å². The lowest BCUT2D eigenvalue weighted by molar-refractivity contribution is -0.134. The predicted octanol–water partition coefficient (Wildman–Crippen LogP) is 1.21. The van der Waals surface area contributed by atoms with E-state index in [1.54, 1.807) is 29.0 Å². The molecule has 0 aliphatic carbocycles. The van der Waals surface area contributed by atoms with Gasteiger partial charge in [-0.3, -0.25) is 9.59 Å². The summed E-state index contributed by atoms with van der Waals surface area (Å²) in [6.07, 6.45) is 0.872. The first-order valence-corrected chi connectivity index (χ1v) is 8.56. The van der Waals surface area contributed by atoms with Gasteiger partial charge in [0.25, 0.3) is 0 Å². The molecule has 1 saturated heterocycles. The molecule has 8 heteroatoms. The summed E-state index contributed by atoms with van der Waals surface area (Å²) in [5.41, 5.74) is 6.22. The summed E-state index contributed by atoms with van der Waals surface area (Å²) < 4.78 is 18.4. The molecule has 2 amide bonds. The lowest BCUT2D eigenvalue weighted by Crippen LogP contribution is -2.39. The number of carbonyl (C=O) groups is 2. The van der Waals surface area contributed by atoms with Gasteiger partial charge in [-0.15, -0.1) is 12.4 Å². The Labute approximate surface area is 159 Å². The molecule has 1 aliphatic rings. The Balaban J connectivity index is 0.00000338. The van der Waals surface area contributed by atoms with E-state index in [4.69, 9.17) is 10.5 Å². The average Bonchev–Trinajstić information content (AvgIpc) is 2.85. The Morgan fingerprint density at radius 1 is 1.19 bits per heavy atom. The van der Waals surface area contributed by atoms with Gasteiger partial charge in [-0.05, 0) is 24.1 Å². The molecule has 1 aromatic carbocycles. The fourth-order valence-corrected chi connectivity index (χ4v) is 2.94. The van der Waals surface area contributed by atoms with Crippen LogP contribution in [-0.4, -0.2) is 67.6 Å². The number of methoxy groups -OCH3 is 1. The van der Waals surface area contributed by atoms with Gasteiger partial charge in [-0.1, -0.05) is 12.1 Å². The molecule has 6 nitrogen and oxygen atoms in total. The average molecular weight is 388 g/mol. The molecule has 1 fully saturated rings. The van der Waals surface area contributed by atoms with Crippen LogP contribution in [0, 0.1) is 5.82 Å². The van der Waals surface area contributed by atoms with E-state index in [9.17, 15) is 14.0 Å². The number of rotatable bonds is 6. The van der Waals surface area contributed by atoms with Gasteiger partial charge in [0.05, 0.1) is 18.9 Å². The van der Waals surface area contributed by atoms with Crippen LogP contribution in [-0.2, 0) is 20.7 Å². The molecule has 1 atom stereocenters. The van der Waals surface area contributed by atoms with Crippen LogP contribution in [0.25, 0.3) is 0 Å². The molecule has 2 N–H and O–H groups in total. The van der Waals surface area contributed by atoms with E-state index in [2.05, 4.69) is 0 Å². The van der Waals surface area contributed by atoms with E-state index in [1.165, 1.54) is 12.1 Å². The standard InChI is InChI=1S/C18H26FN3O3.ClH/c1-25-16(13-20)12-18(24)22-7-3-6-21(8-9-22)17(23)11-14-4-2-5-15(19)10-14;/h2,4-5,10,16H,3,6-9,11-13,20H2,1H3;1H. The molecular formula is C18H27ClFN3O3. The molecule has 0 aromatic heterocycles. The van der Waals surface area contributed by atoms with Crippen molar-refractivity contribution in [3.05, 3.63) is 35.6 Å². The van der Waals surface area contributed by atoms with Gasteiger partial charge in [0, 0.05) is 39.8 Å². The molecule has 1 unspecified atom stereocenters. The minimum Gasteiger partial charge on any atom is -0.380 e. The quantitative estimate of drug-likeness (QED) is 0.796. The first-order valence-electron chi connectivity index (χ1n) is 8.56. The molecule has 1 heterocycles. The first kappa shape index (κ1) is 22.3. The maximum Gasteiger partial charge on any atom is 0.227 e. The summed E-state index contributed by atoms with van der Waals surface area (Å²) in [6, 6.07) is 6.08. The minimum atomic E-state index is -0.342. The van der Waals surface area contributed by atoms with Crippen molar-refractivity contribution in [3.63, 3.8) is 0 Å². The first-order chi connectivity index (χ1) is 12.0. The van der Waals surface area contributed by atoms with E-state index in [-0.39, 0.29) is 49.0 Å². The maximum atomic E-state index is 13.2. The number of halogens is 2. The van der Waals surface area contributed by atoms with Crippen molar-refractivity contribution in [1.29, 1.82) is 0 Å². The summed E-state index contributed by atoms with van der Waals surface area (Å²) in [5.74, 6) is -0.390. The number of hydrogen-bond acceptors (Lipinski definition) is 4. The highest BCUT2D eigenvalue weighted by atomic mass is 35.5.